The highest BCUT2D eigenvalue weighted by atomic mass is 14.9. The van der Waals surface area contributed by atoms with Gasteiger partial charge in [-0.2, -0.15) is 0 Å². The molecular weight excluding hydrogens is 450 g/mol. The van der Waals surface area contributed by atoms with Crippen LogP contribution in [0.3, 0.4) is 0 Å². The third-order valence-corrected chi connectivity index (χ3v) is 7.70. The van der Waals surface area contributed by atoms with Gasteiger partial charge in [-0.1, -0.05) is 123 Å². The molecule has 0 aliphatic carbocycles. The fraction of sp³-hybridized carbons (Fsp3) is 0.706. The van der Waals surface area contributed by atoms with Crippen molar-refractivity contribution < 1.29 is 0 Å². The number of hydrogen-bond donors (Lipinski definition) is 3. The molecule has 0 radical (unpaired) electrons. The first-order valence-electron chi connectivity index (χ1n) is 16.0. The lowest BCUT2D eigenvalue weighted by molar-refractivity contribution is 0.526. The average molecular weight is 510 g/mol. The first-order chi connectivity index (χ1) is 18.2. The molecule has 0 unspecified atom stereocenters. The fourth-order valence-electron chi connectivity index (χ4n) is 5.29. The molecule has 0 atom stereocenters. The van der Waals surface area contributed by atoms with Crippen molar-refractivity contribution >= 4 is 16.6 Å². The maximum atomic E-state index is 4.27. The summed E-state index contributed by atoms with van der Waals surface area (Å²) in [6.07, 6.45) is 29.6. The summed E-state index contributed by atoms with van der Waals surface area (Å²) < 4.78 is 0. The Bertz CT molecular complexity index is 822. The van der Waals surface area contributed by atoms with Crippen LogP contribution in [0, 0.1) is 0 Å². The Morgan fingerprint density at radius 1 is 0.703 bits per heavy atom. The van der Waals surface area contributed by atoms with E-state index in [-0.39, 0.29) is 0 Å². The molecule has 0 saturated carbocycles. The maximum absolute atomic E-state index is 4.27. The van der Waals surface area contributed by atoms with Crippen LogP contribution in [0.15, 0.2) is 36.7 Å². The second-order valence-corrected chi connectivity index (χ2v) is 11.2. The van der Waals surface area contributed by atoms with Gasteiger partial charge in [0.15, 0.2) is 0 Å². The molecule has 0 bridgehead atoms. The molecular formula is C34H59N3. The Kier molecular flexibility index (Phi) is 17.8. The third-order valence-electron chi connectivity index (χ3n) is 7.70. The van der Waals surface area contributed by atoms with Crippen LogP contribution in [0.1, 0.15) is 141 Å². The molecule has 1 aromatic heterocycles. The summed E-state index contributed by atoms with van der Waals surface area (Å²) in [5.41, 5.74) is 5.02. The van der Waals surface area contributed by atoms with E-state index >= 15 is 0 Å². The topological polar surface area (TPSA) is 39.9 Å². The number of aromatic amines is 1. The summed E-state index contributed by atoms with van der Waals surface area (Å²) in [6.45, 7) is 10.7. The molecule has 2 rings (SSSR count). The van der Waals surface area contributed by atoms with Gasteiger partial charge >= 0.3 is 0 Å². The molecule has 37 heavy (non-hydrogen) atoms. The zero-order chi connectivity index (χ0) is 26.4. The summed E-state index contributed by atoms with van der Waals surface area (Å²) in [6, 6.07) is 6.63. The summed E-state index contributed by atoms with van der Waals surface area (Å²) in [5.74, 6) is 0. The Morgan fingerprint density at radius 3 is 1.84 bits per heavy atom. The Balaban J connectivity index is 1.39. The predicted molar refractivity (Wildman–Crippen MR) is 167 cm³/mol. The second kappa shape index (κ2) is 21.1. The zero-order valence-electron chi connectivity index (χ0n) is 24.6. The van der Waals surface area contributed by atoms with E-state index in [1.54, 1.807) is 0 Å². The number of allylic oxidation sites excluding steroid dienone is 1. The van der Waals surface area contributed by atoms with E-state index in [9.17, 15) is 0 Å². The fourth-order valence-corrected chi connectivity index (χ4v) is 5.29. The van der Waals surface area contributed by atoms with Crippen LogP contribution < -0.4 is 10.6 Å². The van der Waals surface area contributed by atoms with Crippen LogP contribution in [-0.4, -0.2) is 18.1 Å². The van der Waals surface area contributed by atoms with Crippen molar-refractivity contribution in [2.75, 3.05) is 18.4 Å². The molecule has 3 nitrogen and oxygen atoms in total. The minimum atomic E-state index is 0.956. The first-order valence-corrected chi connectivity index (χ1v) is 16.0. The summed E-state index contributed by atoms with van der Waals surface area (Å²) >= 11 is 0. The van der Waals surface area contributed by atoms with Crippen molar-refractivity contribution in [1.82, 2.24) is 10.3 Å². The molecule has 0 aliphatic heterocycles. The molecule has 0 spiro atoms. The molecule has 3 N–H and O–H groups in total. The Hall–Kier alpha value is -1.90. The summed E-state index contributed by atoms with van der Waals surface area (Å²) in [7, 11) is 0. The highest BCUT2D eigenvalue weighted by Gasteiger charge is 2.05. The van der Waals surface area contributed by atoms with E-state index in [0.717, 1.165) is 32.4 Å². The van der Waals surface area contributed by atoms with Crippen LogP contribution in [0.5, 0.6) is 0 Å². The largest absolute Gasteiger partial charge is 0.388 e. The van der Waals surface area contributed by atoms with Crippen molar-refractivity contribution in [2.45, 2.75) is 142 Å². The van der Waals surface area contributed by atoms with Crippen molar-refractivity contribution in [3.05, 3.63) is 42.2 Å². The van der Waals surface area contributed by atoms with E-state index in [0.29, 0.717) is 0 Å². The van der Waals surface area contributed by atoms with Crippen LogP contribution >= 0.6 is 0 Å². The molecule has 1 heterocycles. The molecule has 3 heteroatoms. The van der Waals surface area contributed by atoms with E-state index in [1.807, 2.05) is 0 Å². The van der Waals surface area contributed by atoms with E-state index in [2.05, 4.69) is 60.4 Å². The van der Waals surface area contributed by atoms with Gasteiger partial charge in [-0.3, -0.25) is 0 Å². The second-order valence-electron chi connectivity index (χ2n) is 11.2. The van der Waals surface area contributed by atoms with Crippen LogP contribution in [0.4, 0.5) is 5.69 Å². The van der Waals surface area contributed by atoms with Crippen LogP contribution in [0.2, 0.25) is 0 Å². The molecule has 0 fully saturated rings. The van der Waals surface area contributed by atoms with Gasteiger partial charge in [0.05, 0.1) is 0 Å². The number of rotatable bonds is 25. The molecule has 1 aromatic carbocycles. The lowest BCUT2D eigenvalue weighted by atomic mass is 10.0. The number of nitrogens with one attached hydrogen (secondary N) is 3. The summed E-state index contributed by atoms with van der Waals surface area (Å²) in [4.78, 5) is 3.42. The number of H-pyrrole nitrogens is 1. The molecule has 0 saturated heterocycles. The number of benzene rings is 1. The standard InChI is InChI=1S/C34H59N3/c1-4-6-7-8-9-10-11-12-13-14-15-16-17-18-19-20-21-22-30(3)35-27-25-31-29-37-34-24-23-32(28-33(31)34)36-26-5-2/h23-24,28-29,35-37H,3-22,25-27H2,1-2H3. The highest BCUT2D eigenvalue weighted by molar-refractivity contribution is 5.86. The van der Waals surface area contributed by atoms with Gasteiger partial charge < -0.3 is 15.6 Å². The quantitative estimate of drug-likeness (QED) is 0.116. The van der Waals surface area contributed by atoms with Crippen molar-refractivity contribution in [2.24, 2.45) is 0 Å². The van der Waals surface area contributed by atoms with E-state index in [4.69, 9.17) is 0 Å². The average Bonchev–Trinajstić information content (AvgIpc) is 3.31. The van der Waals surface area contributed by atoms with Crippen LogP contribution in [-0.2, 0) is 6.42 Å². The minimum absolute atomic E-state index is 0.956. The normalized spacial score (nSPS) is 11.3. The van der Waals surface area contributed by atoms with Gasteiger partial charge in [0, 0.05) is 41.6 Å². The number of hydrogen-bond acceptors (Lipinski definition) is 2. The number of anilines is 1. The van der Waals surface area contributed by atoms with Gasteiger partial charge in [0.1, 0.15) is 0 Å². The number of fused-ring (bicyclic) bond motifs is 1. The first kappa shape index (κ1) is 31.3. The smallest absolute Gasteiger partial charge is 0.0458 e. The predicted octanol–water partition coefficient (Wildman–Crippen LogP) is 10.7. The van der Waals surface area contributed by atoms with Crippen molar-refractivity contribution in [3.8, 4) is 0 Å². The van der Waals surface area contributed by atoms with E-state index in [1.165, 1.54) is 137 Å². The lowest BCUT2D eigenvalue weighted by Crippen LogP contribution is -2.15. The monoisotopic (exact) mass is 509 g/mol. The van der Waals surface area contributed by atoms with Crippen LogP contribution in [0.25, 0.3) is 10.9 Å². The minimum Gasteiger partial charge on any atom is -0.388 e. The molecule has 0 aliphatic rings. The molecule has 2 aromatic rings. The Labute approximate surface area is 229 Å². The van der Waals surface area contributed by atoms with Crippen molar-refractivity contribution in [1.29, 1.82) is 0 Å². The zero-order valence-corrected chi connectivity index (χ0v) is 24.6. The third kappa shape index (κ3) is 14.6. The van der Waals surface area contributed by atoms with Crippen molar-refractivity contribution in [3.63, 3.8) is 0 Å². The van der Waals surface area contributed by atoms with E-state index < -0.39 is 0 Å². The van der Waals surface area contributed by atoms with Gasteiger partial charge in [-0.25, -0.2) is 0 Å². The summed E-state index contributed by atoms with van der Waals surface area (Å²) in [5, 5.41) is 8.40. The van der Waals surface area contributed by atoms with Gasteiger partial charge in [-0.05, 0) is 49.4 Å². The lowest BCUT2D eigenvalue weighted by Gasteiger charge is -2.10. The maximum Gasteiger partial charge on any atom is 0.0458 e. The molecule has 210 valence electrons. The van der Waals surface area contributed by atoms with Gasteiger partial charge in [-0.15, -0.1) is 0 Å². The van der Waals surface area contributed by atoms with Gasteiger partial charge in [0.25, 0.3) is 0 Å². The number of unbranched alkanes of at least 4 members (excludes halogenated alkanes) is 16. The van der Waals surface area contributed by atoms with Gasteiger partial charge in [0.2, 0.25) is 0 Å². The molecule has 0 amide bonds. The number of aromatic nitrogens is 1. The highest BCUT2D eigenvalue weighted by Crippen LogP contribution is 2.23. The SMILES string of the molecule is C=C(CCCCCCCCCCCCCCCCCCC)NCCc1c[nH]c2ccc(NCCC)cc12. The Morgan fingerprint density at radius 2 is 1.27 bits per heavy atom.